The monoisotopic (exact) mass is 495 g/mol. The Morgan fingerprint density at radius 3 is 2.64 bits per heavy atom. The van der Waals surface area contributed by atoms with Crippen molar-refractivity contribution in [2.75, 3.05) is 25.6 Å². The molecule has 0 saturated carbocycles. The van der Waals surface area contributed by atoms with E-state index in [9.17, 15) is 13.6 Å². The lowest BCUT2D eigenvalue weighted by atomic mass is 10.0. The number of halogens is 2. The molecule has 4 rings (SSSR count). The summed E-state index contributed by atoms with van der Waals surface area (Å²) in [6.45, 7) is 2.46. The minimum Gasteiger partial charge on any atom is -0.496 e. The fourth-order valence-corrected chi connectivity index (χ4v) is 3.89. The molecule has 0 aliphatic carbocycles. The van der Waals surface area contributed by atoms with Crippen molar-refractivity contribution in [2.45, 2.75) is 26.0 Å². The predicted molar refractivity (Wildman–Crippen MR) is 132 cm³/mol. The van der Waals surface area contributed by atoms with E-state index in [-0.39, 0.29) is 18.7 Å². The Hall–Kier alpha value is -4.14. The quantitative estimate of drug-likeness (QED) is 0.420. The summed E-state index contributed by atoms with van der Waals surface area (Å²) in [5.41, 5.74) is 2.23. The molecule has 0 spiro atoms. The summed E-state index contributed by atoms with van der Waals surface area (Å²) in [4.78, 5) is 20.3. The second-order valence-corrected chi connectivity index (χ2v) is 8.17. The molecule has 7 nitrogen and oxygen atoms in total. The number of oxime groups is 1. The summed E-state index contributed by atoms with van der Waals surface area (Å²) in [6, 6.07) is 17.2. The molecule has 0 fully saturated rings. The topological polar surface area (TPSA) is 72.4 Å². The van der Waals surface area contributed by atoms with E-state index in [2.05, 4.69) is 10.5 Å². The predicted octanol–water partition coefficient (Wildman–Crippen LogP) is 5.60. The van der Waals surface area contributed by atoms with Crippen molar-refractivity contribution in [3.63, 3.8) is 0 Å². The minimum atomic E-state index is -0.729. The van der Waals surface area contributed by atoms with Crippen molar-refractivity contribution in [3.8, 4) is 11.5 Å². The van der Waals surface area contributed by atoms with Crippen LogP contribution in [0.2, 0.25) is 0 Å². The minimum absolute atomic E-state index is 0.0845. The average Bonchev–Trinajstić information content (AvgIpc) is 3.35. The van der Waals surface area contributed by atoms with E-state index in [4.69, 9.17) is 14.3 Å². The molecule has 0 aromatic heterocycles. The molecule has 3 aromatic rings. The van der Waals surface area contributed by atoms with E-state index < -0.39 is 23.8 Å². The van der Waals surface area contributed by atoms with Gasteiger partial charge in [-0.25, -0.2) is 13.6 Å². The van der Waals surface area contributed by atoms with Crippen LogP contribution >= 0.6 is 0 Å². The number of amides is 2. The van der Waals surface area contributed by atoms with Crippen LogP contribution in [0.5, 0.6) is 11.5 Å². The van der Waals surface area contributed by atoms with Crippen LogP contribution in [0.4, 0.5) is 19.3 Å². The first-order valence-corrected chi connectivity index (χ1v) is 11.6. The van der Waals surface area contributed by atoms with Crippen LogP contribution in [0.1, 0.15) is 24.5 Å². The van der Waals surface area contributed by atoms with E-state index in [1.165, 1.54) is 11.0 Å². The lowest BCUT2D eigenvalue weighted by Gasteiger charge is -2.25. The highest BCUT2D eigenvalue weighted by Gasteiger charge is 2.28. The summed E-state index contributed by atoms with van der Waals surface area (Å²) in [5.74, 6) is -0.0668. The zero-order valence-corrected chi connectivity index (χ0v) is 20.0. The van der Waals surface area contributed by atoms with Crippen molar-refractivity contribution >= 4 is 17.4 Å². The van der Waals surface area contributed by atoms with Crippen LogP contribution < -0.4 is 14.8 Å². The van der Waals surface area contributed by atoms with Crippen molar-refractivity contribution < 1.29 is 27.9 Å². The van der Waals surface area contributed by atoms with Gasteiger partial charge in [0.15, 0.2) is 6.10 Å². The molecule has 3 aromatic carbocycles. The van der Waals surface area contributed by atoms with Gasteiger partial charge in [-0.15, -0.1) is 0 Å². The molecule has 36 heavy (non-hydrogen) atoms. The number of nitrogens with zero attached hydrogens (tertiary/aromatic N) is 2. The molecule has 1 unspecified atom stereocenters. The number of carbonyl (C=O) groups excluding carboxylic acids is 1. The zero-order valence-electron chi connectivity index (χ0n) is 20.0. The van der Waals surface area contributed by atoms with Crippen LogP contribution in [0.15, 0.2) is 71.9 Å². The molecule has 2 amide bonds. The first kappa shape index (κ1) is 25.0. The maximum Gasteiger partial charge on any atom is 0.322 e. The van der Waals surface area contributed by atoms with E-state index in [1.54, 1.807) is 31.4 Å². The Bertz CT molecular complexity index is 1230. The number of nitrogens with one attached hydrogen (secondary N) is 1. The summed E-state index contributed by atoms with van der Waals surface area (Å²) < 4.78 is 38.7. The Labute approximate surface area is 208 Å². The van der Waals surface area contributed by atoms with Gasteiger partial charge in [0.1, 0.15) is 23.1 Å². The van der Waals surface area contributed by atoms with E-state index >= 15 is 0 Å². The van der Waals surface area contributed by atoms with Gasteiger partial charge in [0.25, 0.3) is 0 Å². The van der Waals surface area contributed by atoms with E-state index in [0.29, 0.717) is 35.9 Å². The largest absolute Gasteiger partial charge is 0.496 e. The maximum absolute atomic E-state index is 14.4. The maximum atomic E-state index is 14.4. The zero-order chi connectivity index (χ0) is 25.5. The highest BCUT2D eigenvalue weighted by molar-refractivity contribution is 6.03. The summed E-state index contributed by atoms with van der Waals surface area (Å²) >= 11 is 0. The molecule has 0 bridgehead atoms. The number of ether oxygens (including phenoxy) is 2. The van der Waals surface area contributed by atoms with Crippen LogP contribution in [0.3, 0.4) is 0 Å². The van der Waals surface area contributed by atoms with E-state index in [0.717, 1.165) is 17.7 Å². The molecule has 1 heterocycles. The number of carbonyl (C=O) groups is 1. The number of hydrogen-bond donors (Lipinski definition) is 1. The fourth-order valence-electron chi connectivity index (χ4n) is 3.89. The number of urea groups is 1. The lowest BCUT2D eigenvalue weighted by Crippen LogP contribution is -2.40. The molecule has 1 aliphatic heterocycles. The van der Waals surface area contributed by atoms with Crippen molar-refractivity contribution in [2.24, 2.45) is 5.16 Å². The molecular weight excluding hydrogens is 468 g/mol. The first-order valence-electron chi connectivity index (χ1n) is 11.6. The number of benzene rings is 3. The molecule has 1 atom stereocenters. The van der Waals surface area contributed by atoms with Gasteiger partial charge in [-0.1, -0.05) is 23.4 Å². The second-order valence-electron chi connectivity index (χ2n) is 8.17. The average molecular weight is 496 g/mol. The standard InChI is InChI=1S/C27H27F2N3O4/c1-3-35-21-12-10-20(11-13-21)30-27(33)32(16-18-8-9-19(28)14-24(18)29)17-22-15-25(31-36-22)23-6-4-5-7-26(23)34-2/h4-14,22H,3,15-17H2,1-2H3,(H,30,33). The number of hydrogen-bond acceptors (Lipinski definition) is 5. The van der Waals surface area contributed by atoms with Gasteiger partial charge < -0.3 is 24.5 Å². The van der Waals surface area contributed by atoms with Gasteiger partial charge in [0.05, 0.1) is 32.5 Å². The summed E-state index contributed by atoms with van der Waals surface area (Å²) in [6.07, 6.45) is -0.0291. The smallest absolute Gasteiger partial charge is 0.322 e. The van der Waals surface area contributed by atoms with Gasteiger partial charge >= 0.3 is 6.03 Å². The number of anilines is 1. The number of methoxy groups -OCH3 is 1. The third-order valence-corrected chi connectivity index (χ3v) is 5.66. The highest BCUT2D eigenvalue weighted by Crippen LogP contribution is 2.26. The first-order chi connectivity index (χ1) is 17.5. The number of para-hydroxylation sites is 1. The second kappa shape index (κ2) is 11.5. The van der Waals surface area contributed by atoms with Gasteiger partial charge in [-0.05, 0) is 49.4 Å². The Morgan fingerprint density at radius 2 is 1.92 bits per heavy atom. The van der Waals surface area contributed by atoms with Crippen molar-refractivity contribution in [1.29, 1.82) is 0 Å². The molecule has 1 aliphatic rings. The third-order valence-electron chi connectivity index (χ3n) is 5.66. The van der Waals surface area contributed by atoms with Crippen LogP contribution in [-0.2, 0) is 11.4 Å². The fraction of sp³-hybridized carbons (Fsp3) is 0.259. The summed E-state index contributed by atoms with van der Waals surface area (Å²) in [5, 5.41) is 7.02. The van der Waals surface area contributed by atoms with Crippen LogP contribution in [0, 0.1) is 11.6 Å². The van der Waals surface area contributed by atoms with Gasteiger partial charge in [-0.3, -0.25) is 0 Å². The molecule has 0 saturated heterocycles. The number of rotatable bonds is 9. The highest BCUT2D eigenvalue weighted by atomic mass is 19.1. The van der Waals surface area contributed by atoms with E-state index in [1.807, 2.05) is 31.2 Å². The van der Waals surface area contributed by atoms with Crippen LogP contribution in [0.25, 0.3) is 0 Å². The summed E-state index contributed by atoms with van der Waals surface area (Å²) in [7, 11) is 1.58. The Balaban J connectivity index is 1.49. The van der Waals surface area contributed by atoms with Crippen molar-refractivity contribution in [3.05, 3.63) is 89.5 Å². The SMILES string of the molecule is CCOc1ccc(NC(=O)N(Cc2ccc(F)cc2F)CC2CC(c3ccccc3OC)=NO2)cc1. The molecule has 1 N–H and O–H groups in total. The van der Waals surface area contributed by atoms with Gasteiger partial charge in [-0.2, -0.15) is 0 Å². The molecule has 0 radical (unpaired) electrons. The lowest BCUT2D eigenvalue weighted by molar-refractivity contribution is 0.0606. The molecule has 9 heteroatoms. The molecular formula is C27H27F2N3O4. The Morgan fingerprint density at radius 1 is 1.14 bits per heavy atom. The van der Waals surface area contributed by atoms with Gasteiger partial charge in [0.2, 0.25) is 0 Å². The third kappa shape index (κ3) is 6.10. The van der Waals surface area contributed by atoms with Crippen molar-refractivity contribution in [1.82, 2.24) is 4.90 Å². The normalized spacial score (nSPS) is 14.6. The Kier molecular flexibility index (Phi) is 7.99. The van der Waals surface area contributed by atoms with Crippen LogP contribution in [-0.4, -0.2) is 43.0 Å². The molecule has 188 valence electrons. The van der Waals surface area contributed by atoms with Gasteiger partial charge in [0, 0.05) is 29.3 Å².